The van der Waals surface area contributed by atoms with Crippen LogP contribution in [0.5, 0.6) is 0 Å². The Morgan fingerprint density at radius 1 is 1.16 bits per heavy atom. The van der Waals surface area contributed by atoms with E-state index in [-0.39, 0.29) is 17.9 Å². The van der Waals surface area contributed by atoms with Gasteiger partial charge in [0.2, 0.25) is 5.91 Å². The first-order valence-electron chi connectivity index (χ1n) is 8.71. The Hall–Kier alpha value is -2.66. The summed E-state index contributed by atoms with van der Waals surface area (Å²) in [6.07, 6.45) is 1.24. The number of anilines is 2. The van der Waals surface area contributed by atoms with Crippen molar-refractivity contribution in [1.29, 1.82) is 0 Å². The van der Waals surface area contributed by atoms with Gasteiger partial charge >= 0.3 is 0 Å². The van der Waals surface area contributed by atoms with E-state index >= 15 is 0 Å². The van der Waals surface area contributed by atoms with Crippen molar-refractivity contribution in [2.45, 2.75) is 25.8 Å². The van der Waals surface area contributed by atoms with Crippen LogP contribution in [0.25, 0.3) is 0 Å². The van der Waals surface area contributed by atoms with E-state index in [1.165, 1.54) is 5.56 Å². The summed E-state index contributed by atoms with van der Waals surface area (Å²) in [6, 6.07) is 17.6. The van der Waals surface area contributed by atoms with Crippen LogP contribution in [0, 0.1) is 0 Å². The summed E-state index contributed by atoms with van der Waals surface area (Å²) in [5, 5.41) is 4.92. The minimum Gasteiger partial charge on any atom is -0.338 e. The highest BCUT2D eigenvalue weighted by Gasteiger charge is 2.29. The zero-order valence-electron chi connectivity index (χ0n) is 14.4. The average Bonchev–Trinajstić information content (AvgIpc) is 2.73. The molecule has 5 heteroatoms. The molecule has 25 heavy (non-hydrogen) atoms. The molecule has 1 atom stereocenters. The van der Waals surface area contributed by atoms with E-state index in [0.717, 1.165) is 18.7 Å². The van der Waals surface area contributed by atoms with Crippen molar-refractivity contribution in [1.82, 2.24) is 0 Å². The number of fused-ring (bicyclic) bond motifs is 1. The van der Waals surface area contributed by atoms with E-state index in [9.17, 15) is 9.59 Å². The van der Waals surface area contributed by atoms with Crippen molar-refractivity contribution in [3.63, 3.8) is 0 Å². The van der Waals surface area contributed by atoms with E-state index in [1.807, 2.05) is 54.7 Å². The Labute approximate surface area is 148 Å². The molecule has 2 amide bonds. The average molecular weight is 338 g/mol. The lowest BCUT2D eigenvalue weighted by atomic mass is 10.1. The minimum absolute atomic E-state index is 0.0320. The van der Waals surface area contributed by atoms with Crippen molar-refractivity contribution >= 4 is 23.2 Å². The van der Waals surface area contributed by atoms with Crippen LogP contribution < -0.4 is 15.5 Å². The number of rotatable bonds is 5. The fourth-order valence-corrected chi connectivity index (χ4v) is 3.21. The van der Waals surface area contributed by atoms with Gasteiger partial charge in [-0.3, -0.25) is 9.59 Å². The molecule has 0 unspecified atom stereocenters. The van der Waals surface area contributed by atoms with Gasteiger partial charge in [-0.2, -0.15) is 0 Å². The molecule has 0 bridgehead atoms. The number of carbonyl (C=O) groups excluding carboxylic acids is 2. The number of nitrogens with two attached hydrogens (primary N) is 1. The molecule has 0 saturated carbocycles. The smallest absolute Gasteiger partial charge is 0.282 e. The molecule has 0 spiro atoms. The van der Waals surface area contributed by atoms with Crippen LogP contribution in [0.2, 0.25) is 0 Å². The Bertz CT molecular complexity index is 746. The summed E-state index contributed by atoms with van der Waals surface area (Å²) in [5.41, 5.74) is 2.76. The second-order valence-corrected chi connectivity index (χ2v) is 6.40. The topological polar surface area (TPSA) is 66.0 Å². The molecule has 0 fully saturated rings. The van der Waals surface area contributed by atoms with Crippen LogP contribution in [0.15, 0.2) is 54.6 Å². The van der Waals surface area contributed by atoms with Crippen molar-refractivity contribution in [2.24, 2.45) is 0 Å². The molecule has 0 radical (unpaired) electrons. The Balaban J connectivity index is 1.63. The number of nitrogens with one attached hydrogen (secondary N) is 1. The maximum absolute atomic E-state index is 12.8. The van der Waals surface area contributed by atoms with Gasteiger partial charge in [-0.1, -0.05) is 42.5 Å². The molecule has 2 aromatic rings. The summed E-state index contributed by atoms with van der Waals surface area (Å²) < 4.78 is 0. The Morgan fingerprint density at radius 3 is 2.68 bits per heavy atom. The highest BCUT2D eigenvalue weighted by atomic mass is 16.2. The first-order valence-corrected chi connectivity index (χ1v) is 8.71. The third-order valence-corrected chi connectivity index (χ3v) is 4.43. The predicted molar refractivity (Wildman–Crippen MR) is 98.4 cm³/mol. The normalized spacial score (nSPS) is 16.8. The first-order chi connectivity index (χ1) is 12.1. The third-order valence-electron chi connectivity index (χ3n) is 4.43. The van der Waals surface area contributed by atoms with Crippen LogP contribution in [0.3, 0.4) is 0 Å². The number of hydrogen-bond donors (Lipinski definition) is 2. The lowest BCUT2D eigenvalue weighted by Crippen LogP contribution is -2.87. The van der Waals surface area contributed by atoms with Crippen LogP contribution in [-0.4, -0.2) is 30.9 Å². The monoisotopic (exact) mass is 338 g/mol. The minimum atomic E-state index is -0.154. The zero-order valence-corrected chi connectivity index (χ0v) is 14.4. The summed E-state index contributed by atoms with van der Waals surface area (Å²) in [6.45, 7) is 3.15. The molecule has 130 valence electrons. The molecule has 5 nitrogen and oxygen atoms in total. The lowest BCUT2D eigenvalue weighted by molar-refractivity contribution is -0.643. The quantitative estimate of drug-likeness (QED) is 0.813. The highest BCUT2D eigenvalue weighted by Crippen LogP contribution is 2.30. The van der Waals surface area contributed by atoms with Gasteiger partial charge in [0.05, 0.1) is 17.9 Å². The van der Waals surface area contributed by atoms with E-state index in [2.05, 4.69) is 17.4 Å². The molecule has 0 aromatic heterocycles. The van der Waals surface area contributed by atoms with Crippen LogP contribution in [0.1, 0.15) is 18.9 Å². The number of nitrogens with zero attached hydrogens (tertiary/aromatic N) is 1. The molecule has 1 heterocycles. The number of hydrogen-bond acceptors (Lipinski definition) is 2. The SMILES string of the molecule is C[C@H]1CC(=O)Nc2ccccc2N1C(=O)C[NH2+]CCc1ccccc1. The maximum atomic E-state index is 12.8. The van der Waals surface area contributed by atoms with Gasteiger partial charge in [0, 0.05) is 18.9 Å². The molecular weight excluding hydrogens is 314 g/mol. The van der Waals surface area contributed by atoms with Crippen LogP contribution >= 0.6 is 0 Å². The summed E-state index contributed by atoms with van der Waals surface area (Å²) >= 11 is 0. The highest BCUT2D eigenvalue weighted by molar-refractivity contribution is 6.04. The standard InChI is InChI=1S/C20H23N3O2/c1-15-13-19(24)22-17-9-5-6-10-18(17)23(15)20(25)14-21-12-11-16-7-3-2-4-8-16/h2-10,15,21H,11-14H2,1H3,(H,22,24)/p+1/t15-/m0/s1. The van der Waals surface area contributed by atoms with E-state index < -0.39 is 0 Å². The summed E-state index contributed by atoms with van der Waals surface area (Å²) in [4.78, 5) is 26.5. The van der Waals surface area contributed by atoms with Gasteiger partial charge < -0.3 is 15.5 Å². The summed E-state index contributed by atoms with van der Waals surface area (Å²) in [5.74, 6) is -0.0205. The summed E-state index contributed by atoms with van der Waals surface area (Å²) in [7, 11) is 0. The fraction of sp³-hybridized carbons (Fsp3) is 0.300. The van der Waals surface area contributed by atoms with Gasteiger partial charge in [0.15, 0.2) is 6.54 Å². The molecule has 1 aliphatic heterocycles. The van der Waals surface area contributed by atoms with E-state index in [1.54, 1.807) is 4.90 Å². The first kappa shape index (κ1) is 17.2. The molecule has 1 aliphatic rings. The number of benzene rings is 2. The number of carbonyl (C=O) groups is 2. The predicted octanol–water partition coefficient (Wildman–Crippen LogP) is 1.56. The molecule has 3 rings (SSSR count). The van der Waals surface area contributed by atoms with E-state index in [4.69, 9.17) is 0 Å². The molecule has 0 aliphatic carbocycles. The van der Waals surface area contributed by atoms with Crippen molar-refractivity contribution in [2.75, 3.05) is 23.3 Å². The van der Waals surface area contributed by atoms with Crippen molar-refractivity contribution in [3.8, 4) is 0 Å². The van der Waals surface area contributed by atoms with Gasteiger partial charge in [0.1, 0.15) is 0 Å². The second kappa shape index (κ2) is 7.94. The number of amides is 2. The Morgan fingerprint density at radius 2 is 1.88 bits per heavy atom. The van der Waals surface area contributed by atoms with Gasteiger partial charge in [-0.25, -0.2) is 0 Å². The number of para-hydroxylation sites is 2. The fourth-order valence-electron chi connectivity index (χ4n) is 3.21. The molecule has 2 aromatic carbocycles. The lowest BCUT2D eigenvalue weighted by Gasteiger charge is -2.27. The van der Waals surface area contributed by atoms with Gasteiger partial charge in [0.25, 0.3) is 5.91 Å². The Kier molecular flexibility index (Phi) is 5.46. The maximum Gasteiger partial charge on any atom is 0.282 e. The number of quaternary nitrogens is 1. The molecular formula is C20H24N3O2+. The molecule has 3 N–H and O–H groups in total. The van der Waals surface area contributed by atoms with Gasteiger partial charge in [-0.05, 0) is 24.6 Å². The van der Waals surface area contributed by atoms with Crippen molar-refractivity contribution in [3.05, 3.63) is 60.2 Å². The van der Waals surface area contributed by atoms with Gasteiger partial charge in [-0.15, -0.1) is 0 Å². The largest absolute Gasteiger partial charge is 0.338 e. The van der Waals surface area contributed by atoms with E-state index in [0.29, 0.717) is 18.7 Å². The van der Waals surface area contributed by atoms with Crippen LogP contribution in [-0.2, 0) is 16.0 Å². The third kappa shape index (κ3) is 4.25. The van der Waals surface area contributed by atoms with Crippen molar-refractivity contribution < 1.29 is 14.9 Å². The molecule has 0 saturated heterocycles. The van der Waals surface area contributed by atoms with Crippen LogP contribution in [0.4, 0.5) is 11.4 Å². The zero-order chi connectivity index (χ0) is 17.6. The second-order valence-electron chi connectivity index (χ2n) is 6.40.